The highest BCUT2D eigenvalue weighted by Gasteiger charge is 2.28. The maximum atomic E-state index is 12.9. The Hall–Kier alpha value is -2.30. The molecule has 0 bridgehead atoms. The highest BCUT2D eigenvalue weighted by Crippen LogP contribution is 2.43. The number of rotatable bonds is 56. The fourth-order valence-corrected chi connectivity index (χ4v) is 9.33. The molecule has 12 heteroatoms. The van der Waals surface area contributed by atoms with Crippen molar-refractivity contribution in [3.8, 4) is 0 Å². The molecule has 3 atom stereocenters. The van der Waals surface area contributed by atoms with E-state index in [2.05, 4.69) is 57.2 Å². The Labute approximate surface area is 441 Å². The first-order valence-electron chi connectivity index (χ1n) is 29.9. The lowest BCUT2D eigenvalue weighted by Crippen LogP contribution is -2.30. The van der Waals surface area contributed by atoms with Crippen LogP contribution in [0.25, 0.3) is 0 Å². The molecule has 11 nitrogen and oxygen atoms in total. The molecule has 0 aromatic rings. The number of hydrogen-bond acceptors (Lipinski definition) is 10. The van der Waals surface area contributed by atoms with E-state index >= 15 is 0 Å². The van der Waals surface area contributed by atoms with Gasteiger partial charge in [-0.2, -0.15) is 0 Å². The third-order valence-corrected chi connectivity index (χ3v) is 14.0. The lowest BCUT2D eigenvalue weighted by atomic mass is 10.0. The Bertz CT molecular complexity index is 1350. The summed E-state index contributed by atoms with van der Waals surface area (Å²) in [5, 5.41) is 9.81. The van der Waals surface area contributed by atoms with Gasteiger partial charge in [-0.1, -0.05) is 256 Å². The van der Waals surface area contributed by atoms with E-state index < -0.39 is 57.8 Å². The smallest absolute Gasteiger partial charge is 0.462 e. The number of ether oxygens (including phenoxy) is 3. The number of unbranched alkanes of at least 4 members (excludes halogenated alkanes) is 33. The van der Waals surface area contributed by atoms with Gasteiger partial charge < -0.3 is 24.2 Å². The van der Waals surface area contributed by atoms with Crippen LogP contribution in [0.2, 0.25) is 0 Å². The first kappa shape index (κ1) is 69.7. The summed E-state index contributed by atoms with van der Waals surface area (Å²) >= 11 is 0. The number of phosphoric acid groups is 1. The van der Waals surface area contributed by atoms with E-state index in [4.69, 9.17) is 23.3 Å². The number of carbonyl (C=O) groups excluding carboxylic acids is 3. The van der Waals surface area contributed by atoms with Crippen molar-refractivity contribution in [1.82, 2.24) is 0 Å². The van der Waals surface area contributed by atoms with Crippen molar-refractivity contribution in [3.05, 3.63) is 36.5 Å². The minimum Gasteiger partial charge on any atom is -0.462 e. The normalized spacial score (nSPS) is 13.6. The van der Waals surface area contributed by atoms with E-state index in [1.165, 1.54) is 141 Å². The summed E-state index contributed by atoms with van der Waals surface area (Å²) in [7, 11) is -4.75. The standard InChI is InChI=1S/C60H111O11P/c1-4-7-10-13-16-19-22-25-27-28-30-33-36-39-42-45-48-51-60(64)71-57(53-67-58(62)49-46-43-40-37-34-31-24-21-18-15-12-9-6-3)55-69-72(65,66)68-54-56(52-61)70-59(63)50-47-44-41-38-35-32-29-26-23-20-17-14-11-8-5-2/h8,11,17,20,26,29,56-57,61H,4-7,9-10,12-16,18-19,21-25,27-28,30-55H2,1-3H3,(H,65,66)/b11-8-,20-17-,29-26-. The Kier molecular flexibility index (Phi) is 53.2. The van der Waals surface area contributed by atoms with Crippen LogP contribution in [-0.2, 0) is 42.2 Å². The molecule has 0 fully saturated rings. The molecule has 0 aliphatic carbocycles. The average molecular weight is 1040 g/mol. The van der Waals surface area contributed by atoms with Crippen LogP contribution >= 0.6 is 7.82 Å². The van der Waals surface area contributed by atoms with Crippen LogP contribution in [-0.4, -0.2) is 66.5 Å². The number of esters is 3. The lowest BCUT2D eigenvalue weighted by Gasteiger charge is -2.21. The Morgan fingerprint density at radius 3 is 1.11 bits per heavy atom. The van der Waals surface area contributed by atoms with Crippen LogP contribution in [0.15, 0.2) is 36.5 Å². The van der Waals surface area contributed by atoms with Gasteiger partial charge in [0.25, 0.3) is 0 Å². The summed E-state index contributed by atoms with van der Waals surface area (Å²) in [5.74, 6) is -1.46. The first-order valence-corrected chi connectivity index (χ1v) is 31.4. The number of phosphoric ester groups is 1. The summed E-state index contributed by atoms with van der Waals surface area (Å²) in [6.45, 7) is 4.57. The molecule has 3 unspecified atom stereocenters. The second-order valence-corrected chi connectivity index (χ2v) is 21.6. The van der Waals surface area contributed by atoms with Crippen molar-refractivity contribution < 1.29 is 52.2 Å². The number of aliphatic hydroxyl groups is 1. The van der Waals surface area contributed by atoms with Crippen LogP contribution in [0.5, 0.6) is 0 Å². The zero-order valence-electron chi connectivity index (χ0n) is 46.7. The van der Waals surface area contributed by atoms with Crippen molar-refractivity contribution in [2.24, 2.45) is 0 Å². The molecule has 0 aliphatic rings. The summed E-state index contributed by atoms with van der Waals surface area (Å²) in [5.41, 5.74) is 0. The molecule has 0 aromatic carbocycles. The van der Waals surface area contributed by atoms with E-state index in [9.17, 15) is 28.9 Å². The van der Waals surface area contributed by atoms with Gasteiger partial charge in [0.2, 0.25) is 0 Å². The van der Waals surface area contributed by atoms with Gasteiger partial charge in [-0.15, -0.1) is 0 Å². The molecule has 0 amide bonds. The Morgan fingerprint density at radius 1 is 0.403 bits per heavy atom. The molecule has 72 heavy (non-hydrogen) atoms. The van der Waals surface area contributed by atoms with Gasteiger partial charge in [0.1, 0.15) is 12.7 Å². The molecule has 2 N–H and O–H groups in total. The monoisotopic (exact) mass is 1040 g/mol. The fourth-order valence-electron chi connectivity index (χ4n) is 8.55. The van der Waals surface area contributed by atoms with Crippen molar-refractivity contribution >= 4 is 25.7 Å². The molecule has 0 saturated carbocycles. The molecule has 422 valence electrons. The molecule has 0 spiro atoms. The maximum Gasteiger partial charge on any atom is 0.472 e. The summed E-state index contributed by atoms with van der Waals surface area (Å²) in [6, 6.07) is 0. The Balaban J connectivity index is 4.68. The largest absolute Gasteiger partial charge is 0.472 e. The van der Waals surface area contributed by atoms with Gasteiger partial charge in [0.15, 0.2) is 6.10 Å². The van der Waals surface area contributed by atoms with Crippen LogP contribution in [0.1, 0.15) is 290 Å². The highest BCUT2D eigenvalue weighted by atomic mass is 31.2. The van der Waals surface area contributed by atoms with Gasteiger partial charge in [0.05, 0.1) is 19.8 Å². The molecule has 0 aliphatic heterocycles. The third-order valence-electron chi connectivity index (χ3n) is 13.1. The van der Waals surface area contributed by atoms with E-state index in [0.717, 1.165) is 89.9 Å². The lowest BCUT2D eigenvalue weighted by molar-refractivity contribution is -0.161. The summed E-state index contributed by atoms with van der Waals surface area (Å²) in [6.07, 6.45) is 56.7. The third kappa shape index (κ3) is 52.6. The predicted octanol–water partition coefficient (Wildman–Crippen LogP) is 17.6. The zero-order chi connectivity index (χ0) is 52.7. The van der Waals surface area contributed by atoms with Gasteiger partial charge in [-0.25, -0.2) is 4.57 Å². The van der Waals surface area contributed by atoms with E-state index in [0.29, 0.717) is 19.3 Å². The molecule has 0 rings (SSSR count). The van der Waals surface area contributed by atoms with Crippen molar-refractivity contribution in [2.75, 3.05) is 26.4 Å². The zero-order valence-corrected chi connectivity index (χ0v) is 47.6. The molecule has 0 saturated heterocycles. The molecular formula is C60H111O11P. The van der Waals surface area contributed by atoms with Crippen LogP contribution < -0.4 is 0 Å². The summed E-state index contributed by atoms with van der Waals surface area (Å²) < 4.78 is 39.6. The van der Waals surface area contributed by atoms with E-state index in [-0.39, 0.29) is 25.9 Å². The van der Waals surface area contributed by atoms with Gasteiger partial charge in [0, 0.05) is 19.3 Å². The quantitative estimate of drug-likeness (QED) is 0.0197. The fraction of sp³-hybridized carbons (Fsp3) is 0.850. The Morgan fingerprint density at radius 2 is 0.722 bits per heavy atom. The molecule has 0 heterocycles. The number of carbonyl (C=O) groups is 3. The van der Waals surface area contributed by atoms with Gasteiger partial charge in [-0.05, 0) is 51.4 Å². The topological polar surface area (TPSA) is 155 Å². The highest BCUT2D eigenvalue weighted by molar-refractivity contribution is 7.47. The van der Waals surface area contributed by atoms with Gasteiger partial charge >= 0.3 is 25.7 Å². The summed E-state index contributed by atoms with van der Waals surface area (Å²) in [4.78, 5) is 48.6. The van der Waals surface area contributed by atoms with Crippen molar-refractivity contribution in [3.63, 3.8) is 0 Å². The second-order valence-electron chi connectivity index (χ2n) is 20.1. The van der Waals surface area contributed by atoms with Crippen LogP contribution in [0, 0.1) is 0 Å². The number of hydrogen-bond donors (Lipinski definition) is 2. The number of aliphatic hydroxyl groups excluding tert-OH is 1. The molecule has 0 radical (unpaired) electrons. The van der Waals surface area contributed by atoms with E-state index in [1.54, 1.807) is 0 Å². The van der Waals surface area contributed by atoms with Crippen molar-refractivity contribution in [1.29, 1.82) is 0 Å². The van der Waals surface area contributed by atoms with Crippen LogP contribution in [0.3, 0.4) is 0 Å². The van der Waals surface area contributed by atoms with Crippen LogP contribution in [0.4, 0.5) is 0 Å². The first-order chi connectivity index (χ1) is 35.2. The molecular weight excluding hydrogens is 928 g/mol. The van der Waals surface area contributed by atoms with Crippen molar-refractivity contribution in [2.45, 2.75) is 303 Å². The molecule has 0 aromatic heterocycles. The van der Waals surface area contributed by atoms with Gasteiger partial charge in [-0.3, -0.25) is 23.4 Å². The van der Waals surface area contributed by atoms with E-state index in [1.807, 2.05) is 0 Å². The second kappa shape index (κ2) is 54.9. The number of allylic oxidation sites excluding steroid dienone is 6. The minimum atomic E-state index is -4.75. The maximum absolute atomic E-state index is 12.9. The SMILES string of the molecule is CC/C=C\C/C=C\C/C=C\CCCCCCCC(=O)OC(CO)COP(=O)(O)OCC(COC(=O)CCCCCCCCCCCCCCC)OC(=O)CCCCCCCCCCCCCCCCCCC. The average Bonchev–Trinajstić information content (AvgIpc) is 3.37. The minimum absolute atomic E-state index is 0.161. The predicted molar refractivity (Wildman–Crippen MR) is 298 cm³/mol.